The van der Waals surface area contributed by atoms with Crippen molar-refractivity contribution in [2.24, 2.45) is 12.5 Å². The summed E-state index contributed by atoms with van der Waals surface area (Å²) in [4.78, 5) is 12.2. The summed E-state index contributed by atoms with van der Waals surface area (Å²) in [6.45, 7) is 5.16. The highest BCUT2D eigenvalue weighted by Crippen LogP contribution is 2.30. The first-order valence-corrected chi connectivity index (χ1v) is 6.03. The minimum absolute atomic E-state index is 0.00286. The Labute approximate surface area is 102 Å². The lowest BCUT2D eigenvalue weighted by Gasteiger charge is -2.38. The lowest BCUT2D eigenvalue weighted by atomic mass is 9.77. The molecule has 17 heavy (non-hydrogen) atoms. The molecule has 2 heterocycles. The number of hydrogen-bond donors (Lipinski definition) is 2. The fourth-order valence-corrected chi connectivity index (χ4v) is 2.34. The largest absolute Gasteiger partial charge is 0.308 e. The average molecular weight is 236 g/mol. The molecular formula is C12H20N4O. The summed E-state index contributed by atoms with van der Waals surface area (Å²) in [7, 11) is 1.83. The smallest absolute Gasteiger partial charge is 0.243 e. The van der Waals surface area contributed by atoms with E-state index in [-0.39, 0.29) is 17.4 Å². The topological polar surface area (TPSA) is 59.0 Å². The van der Waals surface area contributed by atoms with Crippen molar-refractivity contribution in [2.45, 2.75) is 32.7 Å². The quantitative estimate of drug-likeness (QED) is 0.809. The van der Waals surface area contributed by atoms with Crippen LogP contribution < -0.4 is 10.6 Å². The number of hydrogen-bond acceptors (Lipinski definition) is 3. The van der Waals surface area contributed by atoms with E-state index in [0.29, 0.717) is 5.82 Å². The van der Waals surface area contributed by atoms with Gasteiger partial charge in [-0.1, -0.05) is 13.8 Å². The molecule has 1 aromatic rings. The molecule has 1 saturated heterocycles. The van der Waals surface area contributed by atoms with Crippen LogP contribution in [0.15, 0.2) is 12.3 Å². The summed E-state index contributed by atoms with van der Waals surface area (Å²) in [5, 5.41) is 10.3. The van der Waals surface area contributed by atoms with Gasteiger partial charge in [0.05, 0.1) is 6.04 Å². The van der Waals surface area contributed by atoms with Crippen LogP contribution in [-0.4, -0.2) is 28.3 Å². The Kier molecular flexibility index (Phi) is 3.19. The molecule has 1 fully saturated rings. The third kappa shape index (κ3) is 2.66. The van der Waals surface area contributed by atoms with Crippen molar-refractivity contribution in [3.63, 3.8) is 0 Å². The van der Waals surface area contributed by atoms with Crippen LogP contribution in [0.5, 0.6) is 0 Å². The van der Waals surface area contributed by atoms with Gasteiger partial charge in [0.15, 0.2) is 5.82 Å². The predicted octanol–water partition coefficient (Wildman–Crippen LogP) is 1.14. The second-order valence-electron chi connectivity index (χ2n) is 5.34. The highest BCUT2D eigenvalue weighted by atomic mass is 16.2. The molecule has 0 saturated carbocycles. The number of aromatic nitrogens is 2. The molecule has 94 valence electrons. The van der Waals surface area contributed by atoms with E-state index in [4.69, 9.17) is 0 Å². The van der Waals surface area contributed by atoms with E-state index in [9.17, 15) is 4.79 Å². The number of rotatable bonds is 2. The Morgan fingerprint density at radius 2 is 2.41 bits per heavy atom. The molecule has 2 rings (SSSR count). The normalized spacial score (nSPS) is 23.4. The van der Waals surface area contributed by atoms with E-state index in [1.54, 1.807) is 10.7 Å². The summed E-state index contributed by atoms with van der Waals surface area (Å²) in [6, 6.07) is 1.66. The summed E-state index contributed by atoms with van der Waals surface area (Å²) in [6.07, 6.45) is 4.01. The van der Waals surface area contributed by atoms with Crippen LogP contribution in [0.25, 0.3) is 0 Å². The van der Waals surface area contributed by atoms with Crippen LogP contribution in [0.1, 0.15) is 26.7 Å². The van der Waals surface area contributed by atoms with Gasteiger partial charge in [-0.25, -0.2) is 0 Å². The van der Waals surface area contributed by atoms with Crippen LogP contribution >= 0.6 is 0 Å². The number of amides is 1. The number of carbonyl (C=O) groups excluding carboxylic acids is 1. The van der Waals surface area contributed by atoms with Gasteiger partial charge in [-0.3, -0.25) is 9.48 Å². The molecule has 0 aromatic carbocycles. The number of aryl methyl sites for hydroxylation is 1. The van der Waals surface area contributed by atoms with Gasteiger partial charge < -0.3 is 10.6 Å². The van der Waals surface area contributed by atoms with Crippen molar-refractivity contribution in [1.29, 1.82) is 0 Å². The number of carbonyl (C=O) groups is 1. The predicted molar refractivity (Wildman–Crippen MR) is 66.6 cm³/mol. The summed E-state index contributed by atoms with van der Waals surface area (Å²) < 4.78 is 1.68. The molecule has 1 aliphatic heterocycles. The number of nitrogens with one attached hydrogen (secondary N) is 2. The van der Waals surface area contributed by atoms with Gasteiger partial charge in [-0.15, -0.1) is 0 Å². The van der Waals surface area contributed by atoms with E-state index in [2.05, 4.69) is 29.6 Å². The highest BCUT2D eigenvalue weighted by Gasteiger charge is 2.37. The van der Waals surface area contributed by atoms with E-state index < -0.39 is 0 Å². The zero-order chi connectivity index (χ0) is 12.5. The van der Waals surface area contributed by atoms with Crippen molar-refractivity contribution < 1.29 is 4.79 Å². The zero-order valence-electron chi connectivity index (χ0n) is 10.7. The van der Waals surface area contributed by atoms with E-state index in [1.807, 2.05) is 13.2 Å². The molecule has 1 amide bonds. The van der Waals surface area contributed by atoms with Crippen molar-refractivity contribution in [3.05, 3.63) is 12.3 Å². The van der Waals surface area contributed by atoms with E-state index >= 15 is 0 Å². The van der Waals surface area contributed by atoms with Gasteiger partial charge in [0.1, 0.15) is 0 Å². The molecule has 2 N–H and O–H groups in total. The Morgan fingerprint density at radius 3 is 3.00 bits per heavy atom. The third-order valence-electron chi connectivity index (χ3n) is 3.35. The van der Waals surface area contributed by atoms with Crippen molar-refractivity contribution in [1.82, 2.24) is 15.1 Å². The lowest BCUT2D eigenvalue weighted by Crippen LogP contribution is -2.53. The zero-order valence-corrected chi connectivity index (χ0v) is 10.7. The monoisotopic (exact) mass is 236 g/mol. The number of piperidine rings is 1. The molecule has 1 aromatic heterocycles. The molecule has 0 bridgehead atoms. The Hall–Kier alpha value is -1.36. The molecule has 0 aliphatic carbocycles. The molecule has 5 nitrogen and oxygen atoms in total. The van der Waals surface area contributed by atoms with Crippen LogP contribution in [0.2, 0.25) is 0 Å². The first-order valence-electron chi connectivity index (χ1n) is 6.03. The maximum atomic E-state index is 12.2. The number of nitrogens with zero attached hydrogens (tertiary/aromatic N) is 2. The number of anilines is 1. The second-order valence-corrected chi connectivity index (χ2v) is 5.34. The Balaban J connectivity index is 2.04. The fraction of sp³-hybridized carbons (Fsp3) is 0.667. The van der Waals surface area contributed by atoms with Gasteiger partial charge in [0, 0.05) is 19.3 Å². The van der Waals surface area contributed by atoms with E-state index in [1.165, 1.54) is 0 Å². The highest BCUT2D eigenvalue weighted by molar-refractivity contribution is 5.94. The summed E-state index contributed by atoms with van der Waals surface area (Å²) >= 11 is 0. The standard InChI is InChI=1S/C12H20N4O/c1-12(2)6-4-7-13-10(12)11(17)14-9-5-8-16(3)15-9/h5,8,10,13H,4,6-7H2,1-3H3,(H,14,15,17). The molecule has 1 aliphatic rings. The molecule has 0 radical (unpaired) electrons. The Morgan fingerprint density at radius 1 is 1.65 bits per heavy atom. The van der Waals surface area contributed by atoms with Crippen LogP contribution in [-0.2, 0) is 11.8 Å². The summed E-state index contributed by atoms with van der Waals surface area (Å²) in [5.74, 6) is 0.620. The van der Waals surface area contributed by atoms with Crippen molar-refractivity contribution in [3.8, 4) is 0 Å². The average Bonchev–Trinajstić information content (AvgIpc) is 2.63. The molecule has 1 atom stereocenters. The van der Waals surface area contributed by atoms with Gasteiger partial charge in [-0.05, 0) is 24.8 Å². The molecule has 1 unspecified atom stereocenters. The summed E-state index contributed by atoms with van der Waals surface area (Å²) in [5.41, 5.74) is -0.00286. The molecular weight excluding hydrogens is 216 g/mol. The van der Waals surface area contributed by atoms with Crippen molar-refractivity contribution in [2.75, 3.05) is 11.9 Å². The maximum Gasteiger partial charge on any atom is 0.243 e. The van der Waals surface area contributed by atoms with Crippen LogP contribution in [0, 0.1) is 5.41 Å². The third-order valence-corrected chi connectivity index (χ3v) is 3.35. The minimum atomic E-state index is -0.141. The first-order chi connectivity index (χ1) is 7.99. The minimum Gasteiger partial charge on any atom is -0.308 e. The SMILES string of the molecule is Cn1ccc(NC(=O)C2NCCCC2(C)C)n1. The van der Waals surface area contributed by atoms with Gasteiger partial charge in [-0.2, -0.15) is 5.10 Å². The van der Waals surface area contributed by atoms with E-state index in [0.717, 1.165) is 19.4 Å². The van der Waals surface area contributed by atoms with Gasteiger partial charge in [0.2, 0.25) is 5.91 Å². The molecule has 5 heteroatoms. The first kappa shape index (κ1) is 12.1. The van der Waals surface area contributed by atoms with Gasteiger partial charge in [0.25, 0.3) is 0 Å². The molecule has 0 spiro atoms. The van der Waals surface area contributed by atoms with Crippen LogP contribution in [0.4, 0.5) is 5.82 Å². The fourth-order valence-electron chi connectivity index (χ4n) is 2.34. The second kappa shape index (κ2) is 4.49. The van der Waals surface area contributed by atoms with Crippen LogP contribution in [0.3, 0.4) is 0 Å². The maximum absolute atomic E-state index is 12.2. The van der Waals surface area contributed by atoms with Crippen molar-refractivity contribution >= 4 is 11.7 Å². The lowest BCUT2D eigenvalue weighted by molar-refractivity contribution is -0.121. The Bertz CT molecular complexity index is 410. The van der Waals surface area contributed by atoms with Gasteiger partial charge >= 0.3 is 0 Å².